The molecule has 4 rings (SSSR count). The SMILES string of the molecule is COc1ccccc1C#Cc1ccc([C@@H]2[C@H]3CN(S(C)(=O)=O)CCCCN3[C@H]2CO)cc1. The van der Waals surface area contributed by atoms with E-state index >= 15 is 0 Å². The first-order valence-corrected chi connectivity index (χ1v) is 12.8. The number of nitrogens with zero attached hydrogens (tertiary/aromatic N) is 2. The molecule has 2 fully saturated rings. The molecule has 2 aromatic rings. The predicted octanol–water partition coefficient (Wildman–Crippen LogP) is 2.28. The van der Waals surface area contributed by atoms with E-state index in [1.165, 1.54) is 6.26 Å². The van der Waals surface area contributed by atoms with Crippen LogP contribution in [0.2, 0.25) is 0 Å². The summed E-state index contributed by atoms with van der Waals surface area (Å²) in [6.07, 6.45) is 3.06. The second kappa shape index (κ2) is 9.63. The summed E-state index contributed by atoms with van der Waals surface area (Å²) in [5, 5.41) is 10.1. The largest absolute Gasteiger partial charge is 0.495 e. The molecule has 0 amide bonds. The van der Waals surface area contributed by atoms with Crippen molar-refractivity contribution in [3.63, 3.8) is 0 Å². The van der Waals surface area contributed by atoms with Crippen molar-refractivity contribution in [1.82, 2.24) is 9.21 Å². The zero-order chi connectivity index (χ0) is 22.7. The lowest BCUT2D eigenvalue weighted by atomic mass is 9.74. The summed E-state index contributed by atoms with van der Waals surface area (Å²) in [5.41, 5.74) is 2.85. The molecule has 32 heavy (non-hydrogen) atoms. The van der Waals surface area contributed by atoms with Gasteiger partial charge in [-0.1, -0.05) is 36.1 Å². The van der Waals surface area contributed by atoms with Gasteiger partial charge in [0, 0.05) is 36.7 Å². The van der Waals surface area contributed by atoms with Crippen molar-refractivity contribution >= 4 is 10.0 Å². The first-order valence-electron chi connectivity index (χ1n) is 11.0. The van der Waals surface area contributed by atoms with Gasteiger partial charge in [-0.05, 0) is 49.2 Å². The van der Waals surface area contributed by atoms with Crippen LogP contribution in [0.25, 0.3) is 0 Å². The van der Waals surface area contributed by atoms with E-state index in [-0.39, 0.29) is 24.6 Å². The number of benzene rings is 2. The number of methoxy groups -OCH3 is 1. The third-order valence-corrected chi connectivity index (χ3v) is 7.82. The topological polar surface area (TPSA) is 70.1 Å². The monoisotopic (exact) mass is 454 g/mol. The smallest absolute Gasteiger partial charge is 0.211 e. The van der Waals surface area contributed by atoms with Crippen molar-refractivity contribution < 1.29 is 18.3 Å². The molecule has 2 saturated heterocycles. The summed E-state index contributed by atoms with van der Waals surface area (Å²) in [6.45, 7) is 1.99. The number of fused-ring (bicyclic) bond motifs is 1. The van der Waals surface area contributed by atoms with Gasteiger partial charge in [0.2, 0.25) is 10.0 Å². The Balaban J connectivity index is 1.55. The van der Waals surface area contributed by atoms with Crippen LogP contribution in [0.1, 0.15) is 35.4 Å². The van der Waals surface area contributed by atoms with Crippen molar-refractivity contribution in [3.05, 3.63) is 65.2 Å². The van der Waals surface area contributed by atoms with Crippen LogP contribution in [0.4, 0.5) is 0 Å². The van der Waals surface area contributed by atoms with E-state index in [0.29, 0.717) is 13.1 Å². The van der Waals surface area contributed by atoms with Gasteiger partial charge in [-0.25, -0.2) is 12.7 Å². The van der Waals surface area contributed by atoms with Crippen LogP contribution in [-0.4, -0.2) is 74.4 Å². The number of sulfonamides is 1. The Hall–Kier alpha value is -2.37. The van der Waals surface area contributed by atoms with Gasteiger partial charge >= 0.3 is 0 Å². The van der Waals surface area contributed by atoms with Gasteiger partial charge in [-0.2, -0.15) is 0 Å². The van der Waals surface area contributed by atoms with E-state index in [0.717, 1.165) is 41.8 Å². The third-order valence-electron chi connectivity index (χ3n) is 6.55. The summed E-state index contributed by atoms with van der Waals surface area (Å²) in [6, 6.07) is 15.9. The van der Waals surface area contributed by atoms with E-state index in [9.17, 15) is 13.5 Å². The highest BCUT2D eigenvalue weighted by atomic mass is 32.2. The first kappa shape index (κ1) is 22.8. The number of hydrogen-bond donors (Lipinski definition) is 1. The highest BCUT2D eigenvalue weighted by Crippen LogP contribution is 2.42. The second-order valence-corrected chi connectivity index (χ2v) is 10.5. The molecule has 6 nitrogen and oxygen atoms in total. The van der Waals surface area contributed by atoms with Crippen molar-refractivity contribution in [2.24, 2.45) is 0 Å². The second-order valence-electron chi connectivity index (χ2n) is 8.48. The highest BCUT2D eigenvalue weighted by Gasteiger charge is 2.49. The predicted molar refractivity (Wildman–Crippen MR) is 125 cm³/mol. The zero-order valence-electron chi connectivity index (χ0n) is 18.6. The van der Waals surface area contributed by atoms with Gasteiger partial charge in [0.15, 0.2) is 0 Å². The van der Waals surface area contributed by atoms with Gasteiger partial charge in [0.05, 0.1) is 25.5 Å². The molecule has 0 radical (unpaired) electrons. The normalized spacial score (nSPS) is 24.3. The molecule has 0 bridgehead atoms. The minimum Gasteiger partial charge on any atom is -0.495 e. The number of para-hydroxylation sites is 1. The van der Waals surface area contributed by atoms with E-state index in [1.54, 1.807) is 11.4 Å². The van der Waals surface area contributed by atoms with Gasteiger partial charge in [0.25, 0.3) is 0 Å². The molecule has 1 N–H and O–H groups in total. The van der Waals surface area contributed by atoms with Crippen molar-refractivity contribution in [3.8, 4) is 17.6 Å². The minimum absolute atomic E-state index is 0.0185. The van der Waals surface area contributed by atoms with Gasteiger partial charge in [0.1, 0.15) is 5.75 Å². The van der Waals surface area contributed by atoms with E-state index in [1.807, 2.05) is 36.4 Å². The van der Waals surface area contributed by atoms with Crippen LogP contribution in [-0.2, 0) is 10.0 Å². The molecular formula is C25H30N2O4S. The molecule has 2 aliphatic rings. The van der Waals surface area contributed by atoms with Crippen LogP contribution < -0.4 is 4.74 Å². The average molecular weight is 455 g/mol. The Kier molecular flexibility index (Phi) is 6.87. The standard InChI is InChI=1S/C25H30N2O4S/c1-31-24-8-4-3-7-20(24)12-9-19-10-13-21(14-11-19)25-22-17-26(32(2,29)30)15-5-6-16-27(22)23(25)18-28/h3-4,7-8,10-11,13-14,22-23,25,28H,5-6,15-18H2,1-2H3/t22-,23+,25-/m1/s1. The number of ether oxygens (including phenoxy) is 1. The van der Waals surface area contributed by atoms with Gasteiger partial charge < -0.3 is 9.84 Å². The molecule has 2 heterocycles. The van der Waals surface area contributed by atoms with Crippen LogP contribution in [0.3, 0.4) is 0 Å². The molecule has 0 saturated carbocycles. The van der Waals surface area contributed by atoms with E-state index in [2.05, 4.69) is 28.9 Å². The molecule has 2 aromatic carbocycles. The Morgan fingerprint density at radius 1 is 1.06 bits per heavy atom. The van der Waals surface area contributed by atoms with Gasteiger partial charge in [-0.3, -0.25) is 4.90 Å². The molecule has 2 aliphatic heterocycles. The Labute approximate surface area is 190 Å². The maximum absolute atomic E-state index is 12.2. The first-order chi connectivity index (χ1) is 15.4. The maximum atomic E-state index is 12.2. The molecular weight excluding hydrogens is 424 g/mol. The van der Waals surface area contributed by atoms with Gasteiger partial charge in [-0.15, -0.1) is 0 Å². The fourth-order valence-electron chi connectivity index (χ4n) is 4.89. The summed E-state index contributed by atoms with van der Waals surface area (Å²) < 4.78 is 31.4. The lowest BCUT2D eigenvalue weighted by Crippen LogP contribution is -2.67. The minimum atomic E-state index is -3.25. The van der Waals surface area contributed by atoms with E-state index in [4.69, 9.17) is 4.74 Å². The zero-order valence-corrected chi connectivity index (χ0v) is 19.4. The molecule has 0 aliphatic carbocycles. The number of aliphatic hydroxyl groups is 1. The Bertz CT molecular complexity index is 1100. The molecule has 170 valence electrons. The van der Waals surface area contributed by atoms with Crippen molar-refractivity contribution in [1.29, 1.82) is 0 Å². The highest BCUT2D eigenvalue weighted by molar-refractivity contribution is 7.88. The summed E-state index contributed by atoms with van der Waals surface area (Å²) in [4.78, 5) is 2.28. The van der Waals surface area contributed by atoms with Crippen LogP contribution in [0.15, 0.2) is 48.5 Å². The van der Waals surface area contributed by atoms with E-state index < -0.39 is 10.0 Å². The Morgan fingerprint density at radius 2 is 1.78 bits per heavy atom. The molecule has 3 atom stereocenters. The summed E-state index contributed by atoms with van der Waals surface area (Å²) in [5.74, 6) is 7.19. The Morgan fingerprint density at radius 3 is 2.47 bits per heavy atom. The van der Waals surface area contributed by atoms with Crippen molar-refractivity contribution in [2.75, 3.05) is 39.6 Å². The fourth-order valence-corrected chi connectivity index (χ4v) is 5.77. The average Bonchev–Trinajstić information content (AvgIpc) is 2.76. The number of rotatable bonds is 4. The van der Waals surface area contributed by atoms with Crippen LogP contribution >= 0.6 is 0 Å². The maximum Gasteiger partial charge on any atom is 0.211 e. The number of hydrogen-bond acceptors (Lipinski definition) is 5. The molecule has 0 aromatic heterocycles. The lowest BCUT2D eigenvalue weighted by Gasteiger charge is -2.57. The fraction of sp³-hybridized carbons (Fsp3) is 0.440. The van der Waals surface area contributed by atoms with Crippen LogP contribution in [0.5, 0.6) is 5.75 Å². The molecule has 0 spiro atoms. The van der Waals surface area contributed by atoms with Crippen LogP contribution in [0, 0.1) is 11.8 Å². The quantitative estimate of drug-likeness (QED) is 0.718. The third kappa shape index (κ3) is 4.69. The lowest BCUT2D eigenvalue weighted by molar-refractivity contribution is -0.0553. The summed E-state index contributed by atoms with van der Waals surface area (Å²) in [7, 11) is -1.61. The molecule has 0 unspecified atom stereocenters. The number of aliphatic hydroxyl groups excluding tert-OH is 1. The summed E-state index contributed by atoms with van der Waals surface area (Å²) >= 11 is 0. The molecule has 7 heteroatoms. The van der Waals surface area contributed by atoms with Crippen molar-refractivity contribution in [2.45, 2.75) is 30.8 Å².